The van der Waals surface area contributed by atoms with Crippen molar-refractivity contribution in [3.05, 3.63) is 63.9 Å². The number of hydrogen-bond acceptors (Lipinski definition) is 3. The van der Waals surface area contributed by atoms with Crippen LogP contribution in [0.2, 0.25) is 10.0 Å². The lowest BCUT2D eigenvalue weighted by Crippen LogP contribution is -2.44. The molecule has 0 spiro atoms. The molecule has 0 radical (unpaired) electrons. The van der Waals surface area contributed by atoms with E-state index in [4.69, 9.17) is 23.2 Å². The maximum absolute atomic E-state index is 13.7. The van der Waals surface area contributed by atoms with Crippen molar-refractivity contribution in [3.63, 3.8) is 0 Å². The number of benzene rings is 2. The first-order chi connectivity index (χ1) is 11.1. The van der Waals surface area contributed by atoms with E-state index in [2.05, 4.69) is 10.0 Å². The lowest BCUT2D eigenvalue weighted by molar-refractivity contribution is 0.272. The van der Waals surface area contributed by atoms with Crippen LogP contribution in [0, 0.1) is 5.82 Å². The van der Waals surface area contributed by atoms with Crippen molar-refractivity contribution in [2.45, 2.75) is 0 Å². The van der Waals surface area contributed by atoms with E-state index in [1.807, 2.05) is 29.3 Å². The van der Waals surface area contributed by atoms with Crippen LogP contribution in [0.5, 0.6) is 0 Å². The number of piperazine rings is 1. The van der Waals surface area contributed by atoms with Crippen molar-refractivity contribution >= 4 is 35.1 Å². The molecule has 0 atom stereocenters. The molecule has 6 heteroatoms. The Morgan fingerprint density at radius 2 is 1.65 bits per heavy atom. The highest BCUT2D eigenvalue weighted by atomic mass is 35.5. The average molecular weight is 352 g/mol. The Bertz CT molecular complexity index is 675. The summed E-state index contributed by atoms with van der Waals surface area (Å²) in [5.74, 6) is -0.360. The molecule has 3 nitrogen and oxygen atoms in total. The van der Waals surface area contributed by atoms with Crippen LogP contribution in [0.15, 0.2) is 47.6 Å². The van der Waals surface area contributed by atoms with Crippen LogP contribution < -0.4 is 4.90 Å². The zero-order valence-corrected chi connectivity index (χ0v) is 13.9. The molecule has 1 saturated heterocycles. The van der Waals surface area contributed by atoms with Gasteiger partial charge in [-0.1, -0.05) is 29.3 Å². The van der Waals surface area contributed by atoms with E-state index in [0.29, 0.717) is 10.6 Å². The number of halogens is 3. The van der Waals surface area contributed by atoms with E-state index in [-0.39, 0.29) is 5.82 Å². The molecule has 2 aromatic carbocycles. The summed E-state index contributed by atoms with van der Waals surface area (Å²) in [5.41, 5.74) is 1.48. The molecule has 0 aromatic heterocycles. The third kappa shape index (κ3) is 3.95. The Labute approximate surface area is 144 Å². The van der Waals surface area contributed by atoms with E-state index in [1.165, 1.54) is 12.3 Å². The molecule has 0 N–H and O–H groups in total. The van der Waals surface area contributed by atoms with Crippen LogP contribution in [0.1, 0.15) is 5.56 Å². The maximum Gasteiger partial charge on any atom is 0.133 e. The van der Waals surface area contributed by atoms with Gasteiger partial charge >= 0.3 is 0 Å². The normalized spacial score (nSPS) is 15.4. The quantitative estimate of drug-likeness (QED) is 0.768. The first-order valence-corrected chi connectivity index (χ1v) is 8.12. The maximum atomic E-state index is 13.7. The Morgan fingerprint density at radius 1 is 0.957 bits per heavy atom. The van der Waals surface area contributed by atoms with Crippen molar-refractivity contribution < 1.29 is 4.39 Å². The Kier molecular flexibility index (Phi) is 5.03. The molecule has 3 rings (SSSR count). The topological polar surface area (TPSA) is 18.8 Å². The van der Waals surface area contributed by atoms with Crippen LogP contribution >= 0.6 is 23.2 Å². The molecule has 0 amide bonds. The minimum atomic E-state index is -0.360. The number of hydrogen-bond donors (Lipinski definition) is 0. The second kappa shape index (κ2) is 7.20. The van der Waals surface area contributed by atoms with Crippen molar-refractivity contribution in [1.29, 1.82) is 0 Å². The van der Waals surface area contributed by atoms with E-state index in [1.54, 1.807) is 12.1 Å². The van der Waals surface area contributed by atoms with Gasteiger partial charge in [0.05, 0.1) is 24.3 Å². The number of rotatable bonds is 3. The molecule has 0 saturated carbocycles. The van der Waals surface area contributed by atoms with Gasteiger partial charge in [-0.05, 0) is 36.4 Å². The predicted octanol–water partition coefficient (Wildman–Crippen LogP) is 4.29. The fourth-order valence-electron chi connectivity index (χ4n) is 2.49. The predicted molar refractivity (Wildman–Crippen MR) is 94.2 cm³/mol. The summed E-state index contributed by atoms with van der Waals surface area (Å²) in [6, 6.07) is 12.4. The highest BCUT2D eigenvalue weighted by molar-refractivity contribution is 6.33. The standard InChI is InChI=1S/C17H16Cl2FN3/c18-13-4-6-14(7-5-13)22-8-10-23(11-9-22)21-12-15-16(19)2-1-3-17(15)20/h1-7,12H,8-11H2/b21-12+. The molecule has 0 unspecified atom stereocenters. The molecule has 120 valence electrons. The summed E-state index contributed by atoms with van der Waals surface area (Å²) in [7, 11) is 0. The zero-order valence-electron chi connectivity index (χ0n) is 12.4. The Balaban J connectivity index is 1.61. The SMILES string of the molecule is Fc1cccc(Cl)c1/C=N/N1CCN(c2ccc(Cl)cc2)CC1. The smallest absolute Gasteiger partial charge is 0.133 e. The summed E-state index contributed by atoms with van der Waals surface area (Å²) < 4.78 is 13.7. The molecular formula is C17H16Cl2FN3. The van der Waals surface area contributed by atoms with Crippen LogP contribution in [-0.4, -0.2) is 37.4 Å². The van der Waals surface area contributed by atoms with Gasteiger partial charge in [-0.25, -0.2) is 4.39 Å². The summed E-state index contributed by atoms with van der Waals surface area (Å²) in [5, 5.41) is 7.38. The first-order valence-electron chi connectivity index (χ1n) is 7.37. The lowest BCUT2D eigenvalue weighted by atomic mass is 10.2. The molecule has 23 heavy (non-hydrogen) atoms. The van der Waals surface area contributed by atoms with Crippen LogP contribution in [-0.2, 0) is 0 Å². The molecule has 1 heterocycles. The largest absolute Gasteiger partial charge is 0.368 e. The fourth-order valence-corrected chi connectivity index (χ4v) is 2.83. The zero-order chi connectivity index (χ0) is 16.2. The highest BCUT2D eigenvalue weighted by Gasteiger charge is 2.16. The van der Waals surface area contributed by atoms with Crippen LogP contribution in [0.3, 0.4) is 0 Å². The van der Waals surface area contributed by atoms with E-state index < -0.39 is 0 Å². The van der Waals surface area contributed by atoms with Gasteiger partial charge in [0.2, 0.25) is 0 Å². The third-order valence-electron chi connectivity index (χ3n) is 3.80. The number of anilines is 1. The van der Waals surface area contributed by atoms with Crippen LogP contribution in [0.4, 0.5) is 10.1 Å². The van der Waals surface area contributed by atoms with Gasteiger partial charge in [-0.3, -0.25) is 5.01 Å². The van der Waals surface area contributed by atoms with Gasteiger partial charge in [0.15, 0.2) is 0 Å². The van der Waals surface area contributed by atoms with Crippen molar-refractivity contribution in [1.82, 2.24) is 5.01 Å². The van der Waals surface area contributed by atoms with Gasteiger partial charge < -0.3 is 4.90 Å². The van der Waals surface area contributed by atoms with Gasteiger partial charge in [-0.15, -0.1) is 0 Å². The minimum Gasteiger partial charge on any atom is -0.368 e. The Morgan fingerprint density at radius 3 is 2.30 bits per heavy atom. The summed E-state index contributed by atoms with van der Waals surface area (Å²) in [6.07, 6.45) is 1.50. The van der Waals surface area contributed by atoms with Gasteiger partial charge in [0.25, 0.3) is 0 Å². The van der Waals surface area contributed by atoms with Gasteiger partial charge in [0.1, 0.15) is 5.82 Å². The van der Waals surface area contributed by atoms with Crippen LogP contribution in [0.25, 0.3) is 0 Å². The monoisotopic (exact) mass is 351 g/mol. The van der Waals surface area contributed by atoms with E-state index in [0.717, 1.165) is 36.9 Å². The summed E-state index contributed by atoms with van der Waals surface area (Å²) in [6.45, 7) is 3.24. The summed E-state index contributed by atoms with van der Waals surface area (Å²) in [4.78, 5) is 2.28. The van der Waals surface area contributed by atoms with Crippen molar-refractivity contribution in [2.75, 3.05) is 31.1 Å². The molecule has 1 fully saturated rings. The van der Waals surface area contributed by atoms with E-state index in [9.17, 15) is 4.39 Å². The average Bonchev–Trinajstić information content (AvgIpc) is 2.56. The van der Waals surface area contributed by atoms with Gasteiger partial charge in [0, 0.05) is 29.4 Å². The molecule has 0 aliphatic carbocycles. The second-order valence-electron chi connectivity index (χ2n) is 5.30. The first kappa shape index (κ1) is 16.1. The molecule has 0 bridgehead atoms. The molecule has 1 aliphatic heterocycles. The second-order valence-corrected chi connectivity index (χ2v) is 6.14. The third-order valence-corrected chi connectivity index (χ3v) is 4.38. The fraction of sp³-hybridized carbons (Fsp3) is 0.235. The Hall–Kier alpha value is -1.78. The van der Waals surface area contributed by atoms with Gasteiger partial charge in [-0.2, -0.15) is 5.10 Å². The van der Waals surface area contributed by atoms with Crippen molar-refractivity contribution in [3.8, 4) is 0 Å². The lowest BCUT2D eigenvalue weighted by Gasteiger charge is -2.34. The summed E-state index contributed by atoms with van der Waals surface area (Å²) >= 11 is 11.9. The van der Waals surface area contributed by atoms with Crippen molar-refractivity contribution in [2.24, 2.45) is 5.10 Å². The number of hydrazone groups is 1. The highest BCUT2D eigenvalue weighted by Crippen LogP contribution is 2.20. The minimum absolute atomic E-state index is 0.328. The molecular weight excluding hydrogens is 336 g/mol. The molecule has 2 aromatic rings. The van der Waals surface area contributed by atoms with E-state index >= 15 is 0 Å². The number of nitrogens with zero attached hydrogens (tertiary/aromatic N) is 3. The molecule has 1 aliphatic rings.